The average molecular weight is 444 g/mol. The van der Waals surface area contributed by atoms with Gasteiger partial charge in [-0.3, -0.25) is 18.3 Å². The third kappa shape index (κ3) is 3.03. The van der Waals surface area contributed by atoms with Gasteiger partial charge in [0.25, 0.3) is 5.56 Å². The molecule has 0 atom stereocenters. The van der Waals surface area contributed by atoms with Gasteiger partial charge in [-0.15, -0.1) is 20.4 Å². The van der Waals surface area contributed by atoms with E-state index in [0.717, 1.165) is 40.9 Å². The van der Waals surface area contributed by atoms with E-state index in [1.165, 1.54) is 0 Å². The lowest BCUT2D eigenvalue weighted by atomic mass is 10.2. The Labute approximate surface area is 187 Å². The van der Waals surface area contributed by atoms with E-state index < -0.39 is 0 Å². The van der Waals surface area contributed by atoms with Gasteiger partial charge in [-0.25, -0.2) is 0 Å². The Hall–Kier alpha value is -3.46. The molecule has 1 aliphatic rings. The van der Waals surface area contributed by atoms with Gasteiger partial charge in [-0.1, -0.05) is 42.1 Å². The number of benzene rings is 2. The summed E-state index contributed by atoms with van der Waals surface area (Å²) in [5.41, 5.74) is 1.85. The summed E-state index contributed by atoms with van der Waals surface area (Å²) in [7, 11) is 0. The zero-order chi connectivity index (χ0) is 21.7. The highest BCUT2D eigenvalue weighted by atomic mass is 32.2. The summed E-state index contributed by atoms with van der Waals surface area (Å²) in [6.07, 6.45) is 2.32. The Morgan fingerprint density at radius 3 is 2.53 bits per heavy atom. The molecule has 0 saturated heterocycles. The number of thioether (sulfide) groups is 1. The molecule has 32 heavy (non-hydrogen) atoms. The van der Waals surface area contributed by atoms with E-state index in [1.54, 1.807) is 16.3 Å². The lowest BCUT2D eigenvalue weighted by Crippen LogP contribution is -2.22. The van der Waals surface area contributed by atoms with E-state index in [1.807, 2.05) is 53.8 Å². The number of rotatable bonds is 6. The number of fused-ring (bicyclic) bond motifs is 3. The van der Waals surface area contributed by atoms with Crippen LogP contribution in [0.3, 0.4) is 0 Å². The fourth-order valence-corrected chi connectivity index (χ4v) is 4.99. The molecule has 1 fully saturated rings. The third-order valence-corrected chi connectivity index (χ3v) is 6.76. The van der Waals surface area contributed by atoms with E-state index in [2.05, 4.69) is 37.1 Å². The molecule has 0 spiro atoms. The standard InChI is InChI=1S/C23H21N7OS/c1-2-28-21(31)17-10-6-7-11-18(17)30-19(24-26-22(28)30)14-32-23-27-25-20(15-12-13-15)29(23)16-8-4-3-5-9-16/h3-11,15H,2,12-14H2,1H3. The summed E-state index contributed by atoms with van der Waals surface area (Å²) in [5.74, 6) is 3.40. The van der Waals surface area contributed by atoms with Gasteiger partial charge in [-0.05, 0) is 44.0 Å². The molecule has 0 radical (unpaired) electrons. The van der Waals surface area contributed by atoms with Crippen molar-refractivity contribution in [3.05, 3.63) is 76.6 Å². The van der Waals surface area contributed by atoms with Crippen molar-refractivity contribution in [1.82, 2.24) is 33.9 Å². The molecule has 0 amide bonds. The molecule has 0 aliphatic heterocycles. The summed E-state index contributed by atoms with van der Waals surface area (Å²) >= 11 is 1.59. The molecule has 0 unspecified atom stereocenters. The van der Waals surface area contributed by atoms with Crippen LogP contribution in [0.15, 0.2) is 64.5 Å². The summed E-state index contributed by atoms with van der Waals surface area (Å²) < 4.78 is 5.81. The van der Waals surface area contributed by atoms with E-state index >= 15 is 0 Å². The molecule has 8 nitrogen and oxygen atoms in total. The van der Waals surface area contributed by atoms with Gasteiger partial charge < -0.3 is 0 Å². The largest absolute Gasteiger partial charge is 0.277 e. The molecule has 3 aromatic heterocycles. The maximum Gasteiger partial charge on any atom is 0.262 e. The highest BCUT2D eigenvalue weighted by Gasteiger charge is 2.31. The summed E-state index contributed by atoms with van der Waals surface area (Å²) in [5, 5.41) is 19.3. The van der Waals surface area contributed by atoms with Crippen LogP contribution in [0.4, 0.5) is 0 Å². The van der Waals surface area contributed by atoms with Crippen LogP contribution in [-0.2, 0) is 12.3 Å². The van der Waals surface area contributed by atoms with Crippen LogP contribution in [-0.4, -0.2) is 33.9 Å². The smallest absolute Gasteiger partial charge is 0.262 e. The molecular weight excluding hydrogens is 422 g/mol. The van der Waals surface area contributed by atoms with Crippen LogP contribution < -0.4 is 5.56 Å². The molecule has 1 aliphatic carbocycles. The van der Waals surface area contributed by atoms with Gasteiger partial charge in [0.2, 0.25) is 5.78 Å². The van der Waals surface area contributed by atoms with Crippen molar-refractivity contribution in [3.63, 3.8) is 0 Å². The molecule has 0 N–H and O–H groups in total. The molecule has 1 saturated carbocycles. The van der Waals surface area contributed by atoms with Gasteiger partial charge in [0.15, 0.2) is 5.16 Å². The summed E-state index contributed by atoms with van der Waals surface area (Å²) in [6.45, 7) is 2.48. The monoisotopic (exact) mass is 443 g/mol. The van der Waals surface area contributed by atoms with E-state index in [9.17, 15) is 4.79 Å². The Balaban J connectivity index is 1.43. The second-order valence-electron chi connectivity index (χ2n) is 7.89. The lowest BCUT2D eigenvalue weighted by molar-refractivity contribution is 0.735. The molecule has 5 aromatic rings. The Bertz CT molecular complexity index is 1500. The summed E-state index contributed by atoms with van der Waals surface area (Å²) in [6, 6.07) is 17.9. The zero-order valence-electron chi connectivity index (χ0n) is 17.5. The molecular formula is C23H21N7OS. The Morgan fingerprint density at radius 1 is 0.969 bits per heavy atom. The third-order valence-electron chi connectivity index (χ3n) is 5.84. The number of para-hydroxylation sites is 2. The van der Waals surface area contributed by atoms with Crippen molar-refractivity contribution >= 4 is 28.4 Å². The average Bonchev–Trinajstić information content (AvgIpc) is 3.46. The van der Waals surface area contributed by atoms with Gasteiger partial charge in [-0.2, -0.15) is 0 Å². The van der Waals surface area contributed by atoms with Crippen LogP contribution in [0.25, 0.3) is 22.4 Å². The first-order chi connectivity index (χ1) is 15.8. The molecule has 9 heteroatoms. The highest BCUT2D eigenvalue weighted by Crippen LogP contribution is 2.41. The minimum Gasteiger partial charge on any atom is -0.277 e. The van der Waals surface area contributed by atoms with Crippen LogP contribution in [0, 0.1) is 0 Å². The predicted molar refractivity (Wildman–Crippen MR) is 123 cm³/mol. The van der Waals surface area contributed by atoms with Crippen molar-refractivity contribution in [3.8, 4) is 5.69 Å². The van der Waals surface area contributed by atoms with Crippen LogP contribution >= 0.6 is 11.8 Å². The zero-order valence-corrected chi connectivity index (χ0v) is 18.4. The number of hydrogen-bond acceptors (Lipinski definition) is 6. The molecule has 0 bridgehead atoms. The molecule has 6 rings (SSSR count). The fourth-order valence-electron chi connectivity index (χ4n) is 4.12. The Morgan fingerprint density at radius 2 is 1.75 bits per heavy atom. The fraction of sp³-hybridized carbons (Fsp3) is 0.261. The first kappa shape index (κ1) is 19.2. The van der Waals surface area contributed by atoms with Gasteiger partial charge in [0.05, 0.1) is 16.7 Å². The molecule has 160 valence electrons. The van der Waals surface area contributed by atoms with Crippen LogP contribution in [0.2, 0.25) is 0 Å². The SMILES string of the molecule is CCn1c(=O)c2ccccc2n2c(CSc3nnc(C4CC4)n3-c3ccccc3)nnc12. The van der Waals surface area contributed by atoms with Gasteiger partial charge >= 0.3 is 0 Å². The maximum atomic E-state index is 12.9. The van der Waals surface area contributed by atoms with Crippen LogP contribution in [0.1, 0.15) is 37.3 Å². The van der Waals surface area contributed by atoms with Crippen LogP contribution in [0.5, 0.6) is 0 Å². The number of aryl methyl sites for hydroxylation is 1. The van der Waals surface area contributed by atoms with Crippen molar-refractivity contribution in [2.24, 2.45) is 0 Å². The number of aromatic nitrogens is 7. The topological polar surface area (TPSA) is 82.9 Å². The number of hydrogen-bond donors (Lipinski definition) is 0. The minimum atomic E-state index is -0.0416. The van der Waals surface area contributed by atoms with Gasteiger partial charge in [0, 0.05) is 18.2 Å². The van der Waals surface area contributed by atoms with Crippen molar-refractivity contribution < 1.29 is 0 Å². The first-order valence-corrected chi connectivity index (χ1v) is 11.7. The van der Waals surface area contributed by atoms with Gasteiger partial charge in [0.1, 0.15) is 11.6 Å². The van der Waals surface area contributed by atoms with Crippen molar-refractivity contribution in [2.75, 3.05) is 0 Å². The maximum absolute atomic E-state index is 12.9. The normalized spacial score (nSPS) is 13.9. The quantitative estimate of drug-likeness (QED) is 0.371. The second-order valence-corrected chi connectivity index (χ2v) is 8.84. The first-order valence-electron chi connectivity index (χ1n) is 10.8. The van der Waals surface area contributed by atoms with E-state index in [4.69, 9.17) is 0 Å². The molecule has 2 aromatic carbocycles. The predicted octanol–water partition coefficient (Wildman–Crippen LogP) is 3.81. The minimum absolute atomic E-state index is 0.0416. The Kier molecular flexibility index (Phi) is 4.57. The highest BCUT2D eigenvalue weighted by molar-refractivity contribution is 7.98. The second kappa shape index (κ2) is 7.59. The van der Waals surface area contributed by atoms with E-state index in [-0.39, 0.29) is 5.56 Å². The number of nitrogens with zero attached hydrogens (tertiary/aromatic N) is 7. The molecule has 3 heterocycles. The van der Waals surface area contributed by atoms with E-state index in [0.29, 0.717) is 29.4 Å². The summed E-state index contributed by atoms with van der Waals surface area (Å²) in [4.78, 5) is 12.9. The van der Waals surface area contributed by atoms with Crippen molar-refractivity contribution in [2.45, 2.75) is 43.1 Å². The lowest BCUT2D eigenvalue weighted by Gasteiger charge is -2.11. The van der Waals surface area contributed by atoms with Crippen molar-refractivity contribution in [1.29, 1.82) is 0 Å².